The molecule has 4 nitrogen and oxygen atoms in total. The maximum absolute atomic E-state index is 10.5. The van der Waals surface area contributed by atoms with Gasteiger partial charge in [-0.3, -0.25) is 4.79 Å². The molecule has 1 saturated heterocycles. The number of carboxylic acids is 1. The van der Waals surface area contributed by atoms with Gasteiger partial charge in [0.2, 0.25) is 0 Å². The van der Waals surface area contributed by atoms with E-state index in [1.165, 1.54) is 0 Å². The van der Waals surface area contributed by atoms with E-state index >= 15 is 0 Å². The van der Waals surface area contributed by atoms with Crippen LogP contribution < -0.4 is 0 Å². The molecule has 0 aromatic heterocycles. The summed E-state index contributed by atoms with van der Waals surface area (Å²) < 4.78 is 0. The molecule has 17 heavy (non-hydrogen) atoms. The van der Waals surface area contributed by atoms with Gasteiger partial charge in [0.15, 0.2) is 0 Å². The van der Waals surface area contributed by atoms with Crippen molar-refractivity contribution in [1.82, 2.24) is 4.90 Å². The SMILES string of the molecule is C=CC[C@@]1(CO)CCCN(CCCC(=O)O)C1. The number of piperidine rings is 1. The molecule has 2 N–H and O–H groups in total. The molecule has 1 atom stereocenters. The predicted molar refractivity (Wildman–Crippen MR) is 66.9 cm³/mol. The van der Waals surface area contributed by atoms with Gasteiger partial charge in [-0.15, -0.1) is 6.58 Å². The summed E-state index contributed by atoms with van der Waals surface area (Å²) >= 11 is 0. The van der Waals surface area contributed by atoms with Crippen LogP contribution in [0.2, 0.25) is 0 Å². The van der Waals surface area contributed by atoms with Gasteiger partial charge in [-0.05, 0) is 38.8 Å². The molecule has 0 unspecified atom stereocenters. The van der Waals surface area contributed by atoms with Crippen LogP contribution >= 0.6 is 0 Å². The second-order valence-electron chi connectivity index (χ2n) is 5.03. The van der Waals surface area contributed by atoms with Gasteiger partial charge in [0, 0.05) is 18.4 Å². The van der Waals surface area contributed by atoms with Crippen LogP contribution in [0, 0.1) is 5.41 Å². The van der Waals surface area contributed by atoms with Crippen LogP contribution in [0.5, 0.6) is 0 Å². The number of carboxylic acid groups (broad SMARTS) is 1. The van der Waals surface area contributed by atoms with E-state index in [1.807, 2.05) is 6.08 Å². The average molecular weight is 241 g/mol. The number of hydrogen-bond donors (Lipinski definition) is 2. The molecule has 0 radical (unpaired) electrons. The van der Waals surface area contributed by atoms with E-state index in [-0.39, 0.29) is 18.4 Å². The Morgan fingerprint density at radius 2 is 2.29 bits per heavy atom. The zero-order chi connectivity index (χ0) is 12.7. The monoisotopic (exact) mass is 241 g/mol. The summed E-state index contributed by atoms with van der Waals surface area (Å²) in [5.41, 5.74) is -0.0524. The lowest BCUT2D eigenvalue weighted by atomic mass is 9.78. The fraction of sp³-hybridized carbons (Fsp3) is 0.769. The summed E-state index contributed by atoms with van der Waals surface area (Å²) in [5.74, 6) is -0.735. The molecule has 0 spiro atoms. The summed E-state index contributed by atoms with van der Waals surface area (Å²) in [6.45, 7) is 6.62. The fourth-order valence-electron chi connectivity index (χ4n) is 2.62. The first-order valence-corrected chi connectivity index (χ1v) is 6.28. The normalized spacial score (nSPS) is 25.7. The van der Waals surface area contributed by atoms with Crippen LogP contribution in [-0.4, -0.2) is 47.3 Å². The van der Waals surface area contributed by atoms with Crippen LogP contribution in [0.15, 0.2) is 12.7 Å². The van der Waals surface area contributed by atoms with Crippen LogP contribution in [0.3, 0.4) is 0 Å². The molecule has 1 aliphatic heterocycles. The first-order chi connectivity index (χ1) is 8.12. The van der Waals surface area contributed by atoms with Gasteiger partial charge in [-0.2, -0.15) is 0 Å². The van der Waals surface area contributed by atoms with Crippen molar-refractivity contribution in [3.05, 3.63) is 12.7 Å². The number of carbonyl (C=O) groups is 1. The van der Waals surface area contributed by atoms with Crippen molar-refractivity contribution in [3.63, 3.8) is 0 Å². The van der Waals surface area contributed by atoms with Gasteiger partial charge in [-0.25, -0.2) is 0 Å². The molecule has 0 aliphatic carbocycles. The van der Waals surface area contributed by atoms with Crippen LogP contribution in [-0.2, 0) is 4.79 Å². The highest BCUT2D eigenvalue weighted by Gasteiger charge is 2.33. The van der Waals surface area contributed by atoms with Crippen molar-refractivity contribution in [2.24, 2.45) is 5.41 Å². The smallest absolute Gasteiger partial charge is 0.303 e. The highest BCUT2D eigenvalue weighted by atomic mass is 16.4. The zero-order valence-corrected chi connectivity index (χ0v) is 10.4. The topological polar surface area (TPSA) is 60.8 Å². The lowest BCUT2D eigenvalue weighted by Crippen LogP contribution is -2.45. The van der Waals surface area contributed by atoms with Crippen LogP contribution in [0.4, 0.5) is 0 Å². The van der Waals surface area contributed by atoms with Crippen LogP contribution in [0.1, 0.15) is 32.1 Å². The lowest BCUT2D eigenvalue weighted by molar-refractivity contribution is -0.137. The Morgan fingerprint density at radius 1 is 1.53 bits per heavy atom. The van der Waals surface area contributed by atoms with E-state index in [1.54, 1.807) is 0 Å². The minimum atomic E-state index is -0.735. The van der Waals surface area contributed by atoms with E-state index in [0.29, 0.717) is 6.42 Å². The maximum atomic E-state index is 10.5. The summed E-state index contributed by atoms with van der Waals surface area (Å²) in [5, 5.41) is 18.1. The highest BCUT2D eigenvalue weighted by molar-refractivity contribution is 5.66. The molecule has 0 aromatic rings. The van der Waals surface area contributed by atoms with Gasteiger partial charge < -0.3 is 15.1 Å². The Morgan fingerprint density at radius 3 is 2.88 bits per heavy atom. The summed E-state index contributed by atoms with van der Waals surface area (Å²) in [6, 6.07) is 0. The third-order valence-corrected chi connectivity index (χ3v) is 3.52. The third kappa shape index (κ3) is 4.48. The largest absolute Gasteiger partial charge is 0.481 e. The number of allylic oxidation sites excluding steroid dienone is 1. The van der Waals surface area contributed by atoms with Gasteiger partial charge in [0.05, 0.1) is 6.61 Å². The number of aliphatic hydroxyl groups excluding tert-OH is 1. The number of aliphatic hydroxyl groups is 1. The molecule has 0 saturated carbocycles. The summed E-state index contributed by atoms with van der Waals surface area (Å²) in [7, 11) is 0. The maximum Gasteiger partial charge on any atom is 0.303 e. The molecule has 98 valence electrons. The fourth-order valence-corrected chi connectivity index (χ4v) is 2.62. The number of hydrogen-bond acceptors (Lipinski definition) is 3. The van der Waals surface area contributed by atoms with Gasteiger partial charge in [0.25, 0.3) is 0 Å². The standard InChI is InChI=1S/C13H23NO3/c1-2-6-13(11-15)7-4-9-14(10-13)8-3-5-12(16)17/h2,15H,1,3-11H2,(H,16,17)/t13-/m1/s1. The van der Waals surface area contributed by atoms with E-state index < -0.39 is 5.97 Å². The minimum Gasteiger partial charge on any atom is -0.481 e. The number of rotatable bonds is 7. The van der Waals surface area contributed by atoms with Crippen molar-refractivity contribution in [1.29, 1.82) is 0 Å². The zero-order valence-electron chi connectivity index (χ0n) is 10.4. The predicted octanol–water partition coefficient (Wildman–Crippen LogP) is 1.50. The summed E-state index contributed by atoms with van der Waals surface area (Å²) in [6.07, 6.45) is 5.72. The van der Waals surface area contributed by atoms with Gasteiger partial charge >= 0.3 is 5.97 Å². The van der Waals surface area contributed by atoms with Crippen molar-refractivity contribution in [3.8, 4) is 0 Å². The Bertz CT molecular complexity index is 267. The molecule has 1 rings (SSSR count). The van der Waals surface area contributed by atoms with E-state index in [9.17, 15) is 9.90 Å². The number of likely N-dealkylation sites (tertiary alicyclic amines) is 1. The molecular weight excluding hydrogens is 218 g/mol. The van der Waals surface area contributed by atoms with Crippen molar-refractivity contribution >= 4 is 5.97 Å². The van der Waals surface area contributed by atoms with Gasteiger partial charge in [-0.1, -0.05) is 6.08 Å². The van der Waals surface area contributed by atoms with Crippen molar-refractivity contribution in [2.75, 3.05) is 26.2 Å². The molecule has 1 heterocycles. The summed E-state index contributed by atoms with van der Waals surface area (Å²) in [4.78, 5) is 12.7. The second kappa shape index (κ2) is 6.77. The first kappa shape index (κ1) is 14.2. The average Bonchev–Trinajstić information content (AvgIpc) is 2.29. The van der Waals surface area contributed by atoms with E-state index in [0.717, 1.165) is 38.9 Å². The van der Waals surface area contributed by atoms with Crippen molar-refractivity contribution < 1.29 is 15.0 Å². The second-order valence-corrected chi connectivity index (χ2v) is 5.03. The molecule has 4 heteroatoms. The van der Waals surface area contributed by atoms with E-state index in [2.05, 4.69) is 11.5 Å². The molecule has 0 aromatic carbocycles. The Hall–Kier alpha value is -0.870. The molecule has 0 bridgehead atoms. The lowest BCUT2D eigenvalue weighted by Gasteiger charge is -2.41. The molecular formula is C13H23NO3. The third-order valence-electron chi connectivity index (χ3n) is 3.52. The molecule has 1 aliphatic rings. The van der Waals surface area contributed by atoms with E-state index in [4.69, 9.17) is 5.11 Å². The number of aliphatic carboxylic acids is 1. The minimum absolute atomic E-state index is 0.0524. The van der Waals surface area contributed by atoms with Crippen LogP contribution in [0.25, 0.3) is 0 Å². The Balaban J connectivity index is 2.41. The number of nitrogens with zero attached hydrogens (tertiary/aromatic N) is 1. The quantitative estimate of drug-likeness (QED) is 0.663. The molecule has 1 fully saturated rings. The highest BCUT2D eigenvalue weighted by Crippen LogP contribution is 2.33. The first-order valence-electron chi connectivity index (χ1n) is 6.28. The van der Waals surface area contributed by atoms with Crippen molar-refractivity contribution in [2.45, 2.75) is 32.1 Å². The Kier molecular flexibility index (Phi) is 5.65. The molecule has 0 amide bonds. The Labute approximate surface area is 103 Å². The van der Waals surface area contributed by atoms with Gasteiger partial charge in [0.1, 0.15) is 0 Å².